The molecule has 1 aromatic carbocycles. The first kappa shape index (κ1) is 18.3. The molecule has 0 saturated heterocycles. The maximum absolute atomic E-state index is 11.7. The highest BCUT2D eigenvalue weighted by atomic mass is 32.1. The molecule has 1 amide bonds. The van der Waals surface area contributed by atoms with Crippen molar-refractivity contribution in [3.63, 3.8) is 0 Å². The van der Waals surface area contributed by atoms with Gasteiger partial charge in [0.2, 0.25) is 5.91 Å². The zero-order chi connectivity index (χ0) is 16.4. The van der Waals surface area contributed by atoms with Crippen molar-refractivity contribution in [2.45, 2.75) is 52.4 Å². The number of carbonyl (C=O) groups excluding carboxylic acids is 2. The molecule has 0 bridgehead atoms. The van der Waals surface area contributed by atoms with Crippen LogP contribution in [0, 0.1) is 0 Å². The zero-order valence-corrected chi connectivity index (χ0v) is 14.1. The predicted molar refractivity (Wildman–Crippen MR) is 94.2 cm³/mol. The van der Waals surface area contributed by atoms with Crippen LogP contribution < -0.4 is 10.6 Å². The van der Waals surface area contributed by atoms with Crippen LogP contribution in [0.25, 0.3) is 0 Å². The predicted octanol–water partition coefficient (Wildman–Crippen LogP) is 4.06. The van der Waals surface area contributed by atoms with Crippen LogP contribution in [0.4, 0.5) is 5.69 Å². The Bertz CT molecular complexity index is 512. The number of amides is 1. The number of thiocarbonyl (C=S) groups is 1. The highest BCUT2D eigenvalue weighted by Crippen LogP contribution is 2.10. The van der Waals surface area contributed by atoms with Crippen molar-refractivity contribution in [2.24, 2.45) is 0 Å². The van der Waals surface area contributed by atoms with Crippen LogP contribution in [0.3, 0.4) is 0 Å². The number of carbonyl (C=O) groups is 2. The summed E-state index contributed by atoms with van der Waals surface area (Å²) in [6.45, 7) is 3.69. The molecule has 1 rings (SSSR count). The van der Waals surface area contributed by atoms with E-state index < -0.39 is 0 Å². The first-order valence-corrected chi connectivity index (χ1v) is 8.15. The first-order chi connectivity index (χ1) is 10.5. The minimum atomic E-state index is -0.0608. The summed E-state index contributed by atoms with van der Waals surface area (Å²) in [5.41, 5.74) is 1.39. The largest absolute Gasteiger partial charge is 0.332 e. The van der Waals surface area contributed by atoms with Gasteiger partial charge >= 0.3 is 0 Å². The number of anilines is 1. The van der Waals surface area contributed by atoms with Gasteiger partial charge in [-0.05, 0) is 49.8 Å². The van der Waals surface area contributed by atoms with Gasteiger partial charge in [0.1, 0.15) is 0 Å². The van der Waals surface area contributed by atoms with Gasteiger partial charge in [-0.25, -0.2) is 0 Å². The van der Waals surface area contributed by atoms with E-state index >= 15 is 0 Å². The minimum Gasteiger partial charge on any atom is -0.332 e. The molecule has 22 heavy (non-hydrogen) atoms. The van der Waals surface area contributed by atoms with Crippen LogP contribution in [0.5, 0.6) is 0 Å². The average Bonchev–Trinajstić information content (AvgIpc) is 2.47. The molecule has 120 valence electrons. The molecule has 0 aliphatic carbocycles. The second kappa shape index (κ2) is 10.1. The molecule has 0 radical (unpaired) electrons. The SMILES string of the molecule is CCCCCCCC(=O)NC(=S)Nc1ccc(C(C)=O)cc1. The van der Waals surface area contributed by atoms with Crippen molar-refractivity contribution in [3.05, 3.63) is 29.8 Å². The van der Waals surface area contributed by atoms with Crippen molar-refractivity contribution in [2.75, 3.05) is 5.32 Å². The number of hydrogen-bond acceptors (Lipinski definition) is 3. The molecular weight excluding hydrogens is 296 g/mol. The summed E-state index contributed by atoms with van der Waals surface area (Å²) in [4.78, 5) is 22.9. The van der Waals surface area contributed by atoms with E-state index in [1.165, 1.54) is 26.2 Å². The second-order valence-corrected chi connectivity index (χ2v) is 5.71. The number of benzene rings is 1. The van der Waals surface area contributed by atoms with Gasteiger partial charge in [0.25, 0.3) is 0 Å². The lowest BCUT2D eigenvalue weighted by Crippen LogP contribution is -2.33. The Hall–Kier alpha value is -1.75. The van der Waals surface area contributed by atoms with Gasteiger partial charge < -0.3 is 10.6 Å². The molecule has 0 saturated carbocycles. The monoisotopic (exact) mass is 320 g/mol. The van der Waals surface area contributed by atoms with Crippen LogP contribution in [0.15, 0.2) is 24.3 Å². The van der Waals surface area contributed by atoms with Crippen molar-refractivity contribution >= 4 is 34.7 Å². The Morgan fingerprint density at radius 2 is 1.68 bits per heavy atom. The topological polar surface area (TPSA) is 58.2 Å². The fourth-order valence-corrected chi connectivity index (χ4v) is 2.26. The van der Waals surface area contributed by atoms with E-state index in [1.807, 2.05) is 0 Å². The summed E-state index contributed by atoms with van der Waals surface area (Å²) in [5.74, 6) is -0.0418. The van der Waals surface area contributed by atoms with Gasteiger partial charge in [-0.2, -0.15) is 0 Å². The molecule has 0 aliphatic rings. The van der Waals surface area contributed by atoms with Gasteiger partial charge in [0, 0.05) is 17.7 Å². The van der Waals surface area contributed by atoms with Gasteiger partial charge in [0.15, 0.2) is 10.9 Å². The third kappa shape index (κ3) is 7.31. The summed E-state index contributed by atoms with van der Waals surface area (Å²) >= 11 is 5.11. The molecule has 0 aromatic heterocycles. The normalized spacial score (nSPS) is 10.1. The van der Waals surface area contributed by atoms with Gasteiger partial charge in [0.05, 0.1) is 0 Å². The standard InChI is InChI=1S/C17H24N2O2S/c1-3-4-5-6-7-8-16(21)19-17(22)18-15-11-9-14(10-12-15)13(2)20/h9-12H,3-8H2,1-2H3,(H2,18,19,21,22). The Kier molecular flexibility index (Phi) is 8.36. The minimum absolute atomic E-state index is 0.0190. The van der Waals surface area contributed by atoms with Gasteiger partial charge in [-0.15, -0.1) is 0 Å². The molecule has 2 N–H and O–H groups in total. The fourth-order valence-electron chi connectivity index (χ4n) is 2.03. The van der Waals surface area contributed by atoms with Crippen molar-refractivity contribution in [3.8, 4) is 0 Å². The van der Waals surface area contributed by atoms with Crippen molar-refractivity contribution in [1.82, 2.24) is 5.32 Å². The molecule has 4 nitrogen and oxygen atoms in total. The van der Waals surface area contributed by atoms with Crippen LogP contribution in [0.2, 0.25) is 0 Å². The summed E-state index contributed by atoms with van der Waals surface area (Å²) in [6.07, 6.45) is 6.06. The molecular formula is C17H24N2O2S. The quantitative estimate of drug-likeness (QED) is 0.431. The van der Waals surface area contributed by atoms with E-state index in [9.17, 15) is 9.59 Å². The fraction of sp³-hybridized carbons (Fsp3) is 0.471. The first-order valence-electron chi connectivity index (χ1n) is 7.74. The average molecular weight is 320 g/mol. The van der Waals surface area contributed by atoms with E-state index in [-0.39, 0.29) is 16.8 Å². The Labute approximate surface area is 137 Å². The Morgan fingerprint density at radius 1 is 1.05 bits per heavy atom. The van der Waals surface area contributed by atoms with Crippen LogP contribution >= 0.6 is 12.2 Å². The van der Waals surface area contributed by atoms with E-state index in [0.29, 0.717) is 12.0 Å². The second-order valence-electron chi connectivity index (χ2n) is 5.30. The van der Waals surface area contributed by atoms with E-state index in [2.05, 4.69) is 17.6 Å². The molecule has 0 atom stereocenters. The lowest BCUT2D eigenvalue weighted by Gasteiger charge is -2.09. The number of hydrogen-bond donors (Lipinski definition) is 2. The van der Waals surface area contributed by atoms with E-state index in [0.717, 1.165) is 18.5 Å². The third-order valence-electron chi connectivity index (χ3n) is 3.31. The molecule has 0 unspecified atom stereocenters. The number of unbranched alkanes of at least 4 members (excludes halogenated alkanes) is 4. The third-order valence-corrected chi connectivity index (χ3v) is 3.51. The molecule has 1 aromatic rings. The number of rotatable bonds is 8. The molecule has 5 heteroatoms. The maximum Gasteiger partial charge on any atom is 0.226 e. The summed E-state index contributed by atoms with van der Waals surface area (Å²) in [7, 11) is 0. The smallest absolute Gasteiger partial charge is 0.226 e. The van der Waals surface area contributed by atoms with Gasteiger partial charge in [-0.3, -0.25) is 9.59 Å². The van der Waals surface area contributed by atoms with E-state index in [4.69, 9.17) is 12.2 Å². The summed E-state index contributed by atoms with van der Waals surface area (Å²) in [5, 5.41) is 5.90. The molecule has 0 fully saturated rings. The van der Waals surface area contributed by atoms with Crippen molar-refractivity contribution < 1.29 is 9.59 Å². The lowest BCUT2D eigenvalue weighted by molar-refractivity contribution is -0.119. The molecule has 0 spiro atoms. The Balaban J connectivity index is 2.30. The molecule has 0 heterocycles. The zero-order valence-electron chi connectivity index (χ0n) is 13.3. The van der Waals surface area contributed by atoms with Gasteiger partial charge in [-0.1, -0.05) is 32.6 Å². The maximum atomic E-state index is 11.7. The van der Waals surface area contributed by atoms with Crippen LogP contribution in [-0.4, -0.2) is 16.8 Å². The van der Waals surface area contributed by atoms with Crippen LogP contribution in [-0.2, 0) is 4.79 Å². The summed E-state index contributed by atoms with van der Waals surface area (Å²) in [6, 6.07) is 6.98. The highest BCUT2D eigenvalue weighted by molar-refractivity contribution is 7.80. The Morgan fingerprint density at radius 3 is 2.27 bits per heavy atom. The number of nitrogens with one attached hydrogen (secondary N) is 2. The number of Topliss-reactive ketones (excluding diaryl/α,β-unsaturated/α-hetero) is 1. The number of ketones is 1. The highest BCUT2D eigenvalue weighted by Gasteiger charge is 2.05. The van der Waals surface area contributed by atoms with Crippen molar-refractivity contribution in [1.29, 1.82) is 0 Å². The van der Waals surface area contributed by atoms with Crippen LogP contribution in [0.1, 0.15) is 62.7 Å². The molecule has 0 aliphatic heterocycles. The van der Waals surface area contributed by atoms with E-state index in [1.54, 1.807) is 24.3 Å². The lowest BCUT2D eigenvalue weighted by atomic mass is 10.1. The summed E-state index contributed by atoms with van der Waals surface area (Å²) < 4.78 is 0.